The average Bonchev–Trinajstić information content (AvgIpc) is 3.06. The van der Waals surface area contributed by atoms with Crippen LogP contribution in [0.3, 0.4) is 0 Å². The van der Waals surface area contributed by atoms with E-state index in [-0.39, 0.29) is 0 Å². The lowest BCUT2D eigenvalue weighted by molar-refractivity contribution is 0.508. The summed E-state index contributed by atoms with van der Waals surface area (Å²) < 4.78 is 0. The Balaban J connectivity index is 1.63. The van der Waals surface area contributed by atoms with Crippen LogP contribution in [-0.4, -0.2) is 33.3 Å². The SMILES string of the molecule is N#Cc1cnnc(N2CCCC(c3c[nH]c4ncccc34)C2)c1. The zero-order valence-corrected chi connectivity index (χ0v) is 12.6. The number of aromatic nitrogens is 4. The molecule has 3 aromatic heterocycles. The minimum Gasteiger partial charge on any atom is -0.354 e. The molecule has 0 saturated carbocycles. The maximum atomic E-state index is 9.03. The Morgan fingerprint density at radius 3 is 3.26 bits per heavy atom. The molecule has 0 bridgehead atoms. The highest BCUT2D eigenvalue weighted by atomic mass is 15.3. The van der Waals surface area contributed by atoms with Gasteiger partial charge in [0.05, 0.1) is 11.8 Å². The molecule has 114 valence electrons. The fraction of sp³-hybridized carbons (Fsp3) is 0.294. The minimum atomic E-state index is 0.425. The van der Waals surface area contributed by atoms with Crippen molar-refractivity contribution in [3.8, 4) is 6.07 Å². The van der Waals surface area contributed by atoms with Crippen LogP contribution in [0.2, 0.25) is 0 Å². The summed E-state index contributed by atoms with van der Waals surface area (Å²) in [7, 11) is 0. The molecule has 6 nitrogen and oxygen atoms in total. The van der Waals surface area contributed by atoms with Gasteiger partial charge in [-0.2, -0.15) is 10.4 Å². The number of pyridine rings is 1. The average molecular weight is 304 g/mol. The Morgan fingerprint density at radius 2 is 2.35 bits per heavy atom. The summed E-state index contributed by atoms with van der Waals surface area (Å²) in [4.78, 5) is 9.85. The van der Waals surface area contributed by atoms with Crippen molar-refractivity contribution in [2.45, 2.75) is 18.8 Å². The van der Waals surface area contributed by atoms with E-state index in [1.165, 1.54) is 17.1 Å². The van der Waals surface area contributed by atoms with Gasteiger partial charge in [0.1, 0.15) is 11.7 Å². The van der Waals surface area contributed by atoms with Gasteiger partial charge < -0.3 is 9.88 Å². The number of aromatic amines is 1. The molecule has 1 unspecified atom stereocenters. The van der Waals surface area contributed by atoms with E-state index >= 15 is 0 Å². The summed E-state index contributed by atoms with van der Waals surface area (Å²) in [5, 5.41) is 18.4. The monoisotopic (exact) mass is 304 g/mol. The Kier molecular flexibility index (Phi) is 3.39. The number of piperidine rings is 1. The lowest BCUT2D eigenvalue weighted by Gasteiger charge is -2.33. The van der Waals surface area contributed by atoms with Crippen LogP contribution in [-0.2, 0) is 0 Å². The molecule has 1 atom stereocenters. The second-order valence-electron chi connectivity index (χ2n) is 5.84. The zero-order valence-electron chi connectivity index (χ0n) is 12.6. The standard InChI is InChI=1S/C17H16N6/c18-8-12-7-16(22-21-9-12)23-6-2-3-13(11-23)15-10-20-17-14(15)4-1-5-19-17/h1,4-5,7,9-10,13H,2-3,6,11H2,(H,19,20). The highest BCUT2D eigenvalue weighted by molar-refractivity contribution is 5.80. The van der Waals surface area contributed by atoms with Crippen molar-refractivity contribution < 1.29 is 0 Å². The molecule has 1 aliphatic heterocycles. The van der Waals surface area contributed by atoms with E-state index in [0.717, 1.165) is 37.4 Å². The van der Waals surface area contributed by atoms with Gasteiger partial charge >= 0.3 is 0 Å². The molecule has 0 radical (unpaired) electrons. The third-order valence-electron chi connectivity index (χ3n) is 4.44. The van der Waals surface area contributed by atoms with E-state index in [2.05, 4.69) is 43.4 Å². The molecule has 0 aromatic carbocycles. The maximum absolute atomic E-state index is 9.03. The van der Waals surface area contributed by atoms with Crippen LogP contribution < -0.4 is 4.90 Å². The lowest BCUT2D eigenvalue weighted by Crippen LogP contribution is -2.35. The number of fused-ring (bicyclic) bond motifs is 1. The number of hydrogen-bond acceptors (Lipinski definition) is 5. The van der Waals surface area contributed by atoms with E-state index in [1.54, 1.807) is 6.20 Å². The van der Waals surface area contributed by atoms with Crippen LogP contribution in [0.1, 0.15) is 29.9 Å². The molecule has 0 aliphatic carbocycles. The highest BCUT2D eigenvalue weighted by Gasteiger charge is 2.24. The van der Waals surface area contributed by atoms with Gasteiger partial charge in [-0.05, 0) is 30.5 Å². The second kappa shape index (κ2) is 5.69. The first-order valence-corrected chi connectivity index (χ1v) is 7.75. The third kappa shape index (κ3) is 2.50. The molecule has 1 N–H and O–H groups in total. The zero-order chi connectivity index (χ0) is 15.6. The molecule has 0 spiro atoms. The predicted molar refractivity (Wildman–Crippen MR) is 87.0 cm³/mol. The summed E-state index contributed by atoms with van der Waals surface area (Å²) in [6.07, 6.45) is 7.61. The van der Waals surface area contributed by atoms with Crippen LogP contribution in [0.25, 0.3) is 11.0 Å². The van der Waals surface area contributed by atoms with E-state index in [4.69, 9.17) is 5.26 Å². The first kappa shape index (κ1) is 13.7. The van der Waals surface area contributed by atoms with E-state index in [9.17, 15) is 0 Å². The van der Waals surface area contributed by atoms with Crippen molar-refractivity contribution in [1.29, 1.82) is 5.26 Å². The molecule has 0 amide bonds. The van der Waals surface area contributed by atoms with Gasteiger partial charge in [0.25, 0.3) is 0 Å². The number of nitrogens with one attached hydrogen (secondary N) is 1. The summed E-state index contributed by atoms with van der Waals surface area (Å²) in [6, 6.07) is 8.03. The molecule has 6 heteroatoms. The van der Waals surface area contributed by atoms with Crippen molar-refractivity contribution in [1.82, 2.24) is 20.2 Å². The first-order valence-electron chi connectivity index (χ1n) is 7.75. The number of H-pyrrole nitrogens is 1. The minimum absolute atomic E-state index is 0.425. The number of rotatable bonds is 2. The summed E-state index contributed by atoms with van der Waals surface area (Å²) in [6.45, 7) is 1.83. The van der Waals surface area contributed by atoms with Gasteiger partial charge in [0.15, 0.2) is 5.82 Å². The smallest absolute Gasteiger partial charge is 0.152 e. The Hall–Kier alpha value is -2.94. The molecule has 4 heterocycles. The van der Waals surface area contributed by atoms with Crippen molar-refractivity contribution in [2.75, 3.05) is 18.0 Å². The van der Waals surface area contributed by atoms with Crippen LogP contribution in [0.4, 0.5) is 5.82 Å². The third-order valence-corrected chi connectivity index (χ3v) is 4.44. The van der Waals surface area contributed by atoms with Crippen LogP contribution in [0.5, 0.6) is 0 Å². The number of hydrogen-bond donors (Lipinski definition) is 1. The maximum Gasteiger partial charge on any atom is 0.152 e. The van der Waals surface area contributed by atoms with Crippen molar-refractivity contribution >= 4 is 16.9 Å². The molecular formula is C17H16N6. The van der Waals surface area contributed by atoms with Gasteiger partial charge in [0.2, 0.25) is 0 Å². The van der Waals surface area contributed by atoms with Gasteiger partial charge in [-0.1, -0.05) is 0 Å². The summed E-state index contributed by atoms with van der Waals surface area (Å²) >= 11 is 0. The number of anilines is 1. The quantitative estimate of drug-likeness (QED) is 0.787. The molecule has 1 aliphatic rings. The second-order valence-corrected chi connectivity index (χ2v) is 5.84. The predicted octanol–water partition coefficient (Wildman–Crippen LogP) is 2.61. The fourth-order valence-electron chi connectivity index (χ4n) is 3.33. The van der Waals surface area contributed by atoms with Crippen LogP contribution in [0.15, 0.2) is 36.8 Å². The number of nitrogens with zero attached hydrogens (tertiary/aromatic N) is 5. The molecule has 23 heavy (non-hydrogen) atoms. The Bertz CT molecular complexity index is 878. The van der Waals surface area contributed by atoms with Crippen LogP contribution >= 0.6 is 0 Å². The van der Waals surface area contributed by atoms with Gasteiger partial charge in [-0.3, -0.25) is 0 Å². The van der Waals surface area contributed by atoms with E-state index in [0.29, 0.717) is 11.5 Å². The van der Waals surface area contributed by atoms with Crippen molar-refractivity contribution in [3.05, 3.63) is 47.9 Å². The van der Waals surface area contributed by atoms with Gasteiger partial charge in [-0.25, -0.2) is 4.98 Å². The molecule has 1 fully saturated rings. The lowest BCUT2D eigenvalue weighted by atomic mass is 9.90. The number of nitriles is 1. The molecule has 1 saturated heterocycles. The Labute approximate surface area is 133 Å². The van der Waals surface area contributed by atoms with Crippen molar-refractivity contribution in [3.63, 3.8) is 0 Å². The largest absolute Gasteiger partial charge is 0.354 e. The molecular weight excluding hydrogens is 288 g/mol. The van der Waals surface area contributed by atoms with Gasteiger partial charge in [0, 0.05) is 42.9 Å². The van der Waals surface area contributed by atoms with E-state index < -0.39 is 0 Å². The highest BCUT2D eigenvalue weighted by Crippen LogP contribution is 2.32. The molecule has 4 rings (SSSR count). The fourth-order valence-corrected chi connectivity index (χ4v) is 3.33. The van der Waals surface area contributed by atoms with Crippen molar-refractivity contribution in [2.24, 2.45) is 0 Å². The summed E-state index contributed by atoms with van der Waals surface area (Å²) in [5.74, 6) is 1.21. The molecule has 3 aromatic rings. The normalized spacial score (nSPS) is 18.0. The topological polar surface area (TPSA) is 81.5 Å². The Morgan fingerprint density at radius 1 is 1.39 bits per heavy atom. The van der Waals surface area contributed by atoms with Gasteiger partial charge in [-0.15, -0.1) is 5.10 Å². The summed E-state index contributed by atoms with van der Waals surface area (Å²) in [5.41, 5.74) is 2.79. The van der Waals surface area contributed by atoms with E-state index in [1.807, 2.05) is 12.1 Å². The van der Waals surface area contributed by atoms with Crippen LogP contribution in [0, 0.1) is 11.3 Å². The first-order chi connectivity index (χ1) is 11.3.